The van der Waals surface area contributed by atoms with Crippen LogP contribution in [0.5, 0.6) is 0 Å². The zero-order valence-electron chi connectivity index (χ0n) is 12.2. The van der Waals surface area contributed by atoms with Crippen molar-refractivity contribution >= 4 is 5.91 Å². The first-order valence-electron chi connectivity index (χ1n) is 6.99. The van der Waals surface area contributed by atoms with E-state index in [1.807, 2.05) is 6.92 Å². The Labute approximate surface area is 107 Å². The summed E-state index contributed by atoms with van der Waals surface area (Å²) in [5, 5.41) is 3.03. The summed E-state index contributed by atoms with van der Waals surface area (Å²) in [5.74, 6) is 0.244. The van der Waals surface area contributed by atoms with Gasteiger partial charge in [0.15, 0.2) is 0 Å². The summed E-state index contributed by atoms with van der Waals surface area (Å²) in [4.78, 5) is 11.9. The average molecular weight is 242 g/mol. The molecule has 0 spiro atoms. The Hall–Kier alpha value is -0.570. The second-order valence-corrected chi connectivity index (χ2v) is 5.19. The molecule has 0 bridgehead atoms. The first kappa shape index (κ1) is 16.4. The Balaban J connectivity index is 4.31. The number of hydrogen-bond acceptors (Lipinski definition) is 2. The lowest BCUT2D eigenvalue weighted by atomic mass is 9.79. The molecule has 0 aliphatic heterocycles. The number of carbonyl (C=O) groups is 1. The zero-order chi connectivity index (χ0) is 13.5. The maximum Gasteiger partial charge on any atom is 0.237 e. The van der Waals surface area contributed by atoms with Gasteiger partial charge >= 0.3 is 0 Å². The average Bonchev–Trinajstić information content (AvgIpc) is 2.38. The monoisotopic (exact) mass is 242 g/mol. The number of rotatable bonds is 8. The van der Waals surface area contributed by atoms with E-state index in [9.17, 15) is 4.79 Å². The predicted molar refractivity (Wildman–Crippen MR) is 73.7 cm³/mol. The van der Waals surface area contributed by atoms with E-state index in [2.05, 4.69) is 33.0 Å². The predicted octanol–water partition coefficient (Wildman–Crippen LogP) is 2.69. The van der Waals surface area contributed by atoms with Gasteiger partial charge in [0.1, 0.15) is 0 Å². The largest absolute Gasteiger partial charge is 0.354 e. The van der Waals surface area contributed by atoms with Gasteiger partial charge in [0.05, 0.1) is 6.04 Å². The molecule has 0 aromatic carbocycles. The molecule has 0 aliphatic carbocycles. The molecule has 0 saturated heterocycles. The zero-order valence-corrected chi connectivity index (χ0v) is 12.2. The molecule has 0 radical (unpaired) electrons. The summed E-state index contributed by atoms with van der Waals surface area (Å²) in [6.45, 7) is 11.4. The van der Waals surface area contributed by atoms with Crippen LogP contribution in [0, 0.1) is 11.3 Å². The van der Waals surface area contributed by atoms with Crippen LogP contribution in [0.25, 0.3) is 0 Å². The number of carbonyl (C=O) groups excluding carboxylic acids is 1. The van der Waals surface area contributed by atoms with Crippen LogP contribution in [-0.2, 0) is 4.79 Å². The van der Waals surface area contributed by atoms with Crippen LogP contribution in [0.2, 0.25) is 0 Å². The van der Waals surface area contributed by atoms with Gasteiger partial charge in [-0.25, -0.2) is 0 Å². The molecule has 102 valence electrons. The van der Waals surface area contributed by atoms with Gasteiger partial charge in [-0.2, -0.15) is 0 Å². The maximum atomic E-state index is 11.9. The van der Waals surface area contributed by atoms with E-state index in [1.54, 1.807) is 0 Å². The summed E-state index contributed by atoms with van der Waals surface area (Å²) in [6, 6.07) is -0.372. The van der Waals surface area contributed by atoms with Gasteiger partial charge in [0, 0.05) is 6.54 Å². The van der Waals surface area contributed by atoms with Gasteiger partial charge in [-0.3, -0.25) is 4.79 Å². The summed E-state index contributed by atoms with van der Waals surface area (Å²) < 4.78 is 0. The highest BCUT2D eigenvalue weighted by Gasteiger charge is 2.26. The molecular formula is C14H30N2O. The Kier molecular flexibility index (Phi) is 7.44. The van der Waals surface area contributed by atoms with E-state index < -0.39 is 0 Å². The highest BCUT2D eigenvalue weighted by molar-refractivity contribution is 5.81. The fourth-order valence-corrected chi connectivity index (χ4v) is 2.03. The van der Waals surface area contributed by atoms with E-state index >= 15 is 0 Å². The molecule has 0 aromatic rings. The second-order valence-electron chi connectivity index (χ2n) is 5.19. The minimum absolute atomic E-state index is 0.000856. The van der Waals surface area contributed by atoms with Gasteiger partial charge in [0.2, 0.25) is 5.91 Å². The van der Waals surface area contributed by atoms with Gasteiger partial charge in [-0.05, 0) is 30.6 Å². The molecular weight excluding hydrogens is 212 g/mol. The smallest absolute Gasteiger partial charge is 0.237 e. The Morgan fingerprint density at radius 2 is 1.65 bits per heavy atom. The van der Waals surface area contributed by atoms with Gasteiger partial charge in [0.25, 0.3) is 0 Å². The highest BCUT2D eigenvalue weighted by Crippen LogP contribution is 2.29. The van der Waals surface area contributed by atoms with Crippen molar-refractivity contribution in [2.24, 2.45) is 17.1 Å². The molecule has 2 atom stereocenters. The van der Waals surface area contributed by atoms with Crippen molar-refractivity contribution in [3.8, 4) is 0 Å². The lowest BCUT2D eigenvalue weighted by Gasteiger charge is -2.31. The molecule has 3 N–H and O–H groups in total. The molecule has 0 saturated carbocycles. The first-order chi connectivity index (χ1) is 7.96. The topological polar surface area (TPSA) is 55.1 Å². The van der Waals surface area contributed by atoms with E-state index in [1.165, 1.54) is 0 Å². The minimum Gasteiger partial charge on any atom is -0.354 e. The van der Waals surface area contributed by atoms with Crippen molar-refractivity contribution in [3.05, 3.63) is 0 Å². The van der Waals surface area contributed by atoms with Crippen molar-refractivity contribution in [2.45, 2.75) is 66.3 Å². The number of amides is 1. The van der Waals surface area contributed by atoms with Crippen molar-refractivity contribution in [1.29, 1.82) is 0 Å². The quantitative estimate of drug-likeness (QED) is 0.687. The Morgan fingerprint density at radius 1 is 1.18 bits per heavy atom. The Morgan fingerprint density at radius 3 is 2.00 bits per heavy atom. The molecule has 2 unspecified atom stereocenters. The van der Waals surface area contributed by atoms with Crippen LogP contribution in [0.1, 0.15) is 60.3 Å². The molecule has 1 amide bonds. The minimum atomic E-state index is -0.372. The third-order valence-electron chi connectivity index (χ3n) is 4.45. The highest BCUT2D eigenvalue weighted by atomic mass is 16.2. The van der Waals surface area contributed by atoms with Gasteiger partial charge in [-0.15, -0.1) is 0 Å². The fraction of sp³-hybridized carbons (Fsp3) is 0.929. The third-order valence-corrected chi connectivity index (χ3v) is 4.45. The summed E-state index contributed by atoms with van der Waals surface area (Å²) in [7, 11) is 0. The van der Waals surface area contributed by atoms with Crippen molar-refractivity contribution in [3.63, 3.8) is 0 Å². The van der Waals surface area contributed by atoms with Crippen LogP contribution in [0.4, 0.5) is 0 Å². The number of nitrogens with one attached hydrogen (secondary N) is 1. The van der Waals surface area contributed by atoms with Crippen LogP contribution < -0.4 is 11.1 Å². The van der Waals surface area contributed by atoms with Crippen molar-refractivity contribution < 1.29 is 4.79 Å². The SMILES string of the molecule is CCC(C)C(N)C(=O)NCC(CC)(CC)CC. The maximum absolute atomic E-state index is 11.9. The van der Waals surface area contributed by atoms with E-state index in [-0.39, 0.29) is 23.3 Å². The molecule has 0 aliphatic rings. The normalized spacial score (nSPS) is 15.4. The number of hydrogen-bond donors (Lipinski definition) is 2. The number of nitrogens with two attached hydrogens (primary N) is 1. The van der Waals surface area contributed by atoms with Gasteiger partial charge in [-0.1, -0.05) is 41.0 Å². The van der Waals surface area contributed by atoms with E-state index in [0.29, 0.717) is 0 Å². The molecule has 3 nitrogen and oxygen atoms in total. The fourth-order valence-electron chi connectivity index (χ4n) is 2.03. The van der Waals surface area contributed by atoms with Crippen molar-refractivity contribution in [1.82, 2.24) is 5.32 Å². The van der Waals surface area contributed by atoms with Crippen LogP contribution >= 0.6 is 0 Å². The standard InChI is InChI=1S/C14H30N2O/c1-6-11(5)12(15)13(17)16-10-14(7-2,8-3)9-4/h11-12H,6-10,15H2,1-5H3,(H,16,17). The molecule has 0 fully saturated rings. The summed E-state index contributed by atoms with van der Waals surface area (Å²) >= 11 is 0. The van der Waals surface area contributed by atoms with E-state index in [4.69, 9.17) is 5.73 Å². The van der Waals surface area contributed by atoms with Crippen LogP contribution in [0.3, 0.4) is 0 Å². The molecule has 17 heavy (non-hydrogen) atoms. The van der Waals surface area contributed by atoms with Gasteiger partial charge < -0.3 is 11.1 Å². The molecule has 0 rings (SSSR count). The summed E-state index contributed by atoms with van der Waals surface area (Å²) in [6.07, 6.45) is 4.23. The lowest BCUT2D eigenvalue weighted by molar-refractivity contribution is -0.124. The molecule has 3 heteroatoms. The Bertz CT molecular complexity index is 216. The first-order valence-corrected chi connectivity index (χ1v) is 6.99. The second kappa shape index (κ2) is 7.70. The van der Waals surface area contributed by atoms with Crippen LogP contribution in [0.15, 0.2) is 0 Å². The summed E-state index contributed by atoms with van der Waals surface area (Å²) in [5.41, 5.74) is 6.15. The molecule has 0 heterocycles. The van der Waals surface area contributed by atoms with Crippen LogP contribution in [-0.4, -0.2) is 18.5 Å². The van der Waals surface area contributed by atoms with Crippen molar-refractivity contribution in [2.75, 3.05) is 6.54 Å². The third kappa shape index (κ3) is 4.66. The molecule has 0 aromatic heterocycles. The lowest BCUT2D eigenvalue weighted by Crippen LogP contribution is -2.47. The van der Waals surface area contributed by atoms with E-state index in [0.717, 1.165) is 32.2 Å².